The summed E-state index contributed by atoms with van der Waals surface area (Å²) in [7, 11) is 1.50. The van der Waals surface area contributed by atoms with Gasteiger partial charge in [-0.15, -0.1) is 0 Å². The molecule has 0 aliphatic carbocycles. The number of alkyl halides is 3. The van der Waals surface area contributed by atoms with E-state index >= 15 is 0 Å². The van der Waals surface area contributed by atoms with Crippen LogP contribution in [0, 0.1) is 0 Å². The van der Waals surface area contributed by atoms with E-state index in [4.69, 9.17) is 4.74 Å². The molecule has 0 radical (unpaired) electrons. The molecular formula is C21H23F3N4O4S. The molecule has 178 valence electrons. The molecule has 0 aliphatic heterocycles. The number of carbonyl (C=O) groups is 1. The maximum Gasteiger partial charge on any atom is 0.416 e. The lowest BCUT2D eigenvalue weighted by Gasteiger charge is -2.13. The van der Waals surface area contributed by atoms with Gasteiger partial charge < -0.3 is 14.4 Å². The van der Waals surface area contributed by atoms with Gasteiger partial charge in [-0.25, -0.2) is 4.68 Å². The second-order valence-corrected chi connectivity index (χ2v) is 8.47. The highest BCUT2D eigenvalue weighted by molar-refractivity contribution is 7.16. The molecule has 3 aromatic rings. The van der Waals surface area contributed by atoms with Gasteiger partial charge in [0.2, 0.25) is 0 Å². The minimum atomic E-state index is -4.67. The van der Waals surface area contributed by atoms with Crippen molar-refractivity contribution in [1.29, 1.82) is 0 Å². The summed E-state index contributed by atoms with van der Waals surface area (Å²) >= 11 is 1.05. The Labute approximate surface area is 190 Å². The van der Waals surface area contributed by atoms with Crippen LogP contribution in [0.5, 0.6) is 5.75 Å². The average molecular weight is 485 g/mol. The van der Waals surface area contributed by atoms with E-state index < -0.39 is 29.3 Å². The molecule has 0 bridgehead atoms. The fraction of sp³-hybridized carbons (Fsp3) is 0.429. The van der Waals surface area contributed by atoms with E-state index in [0.29, 0.717) is 29.2 Å². The Morgan fingerprint density at radius 3 is 2.73 bits per heavy atom. The molecule has 0 fully saturated rings. The van der Waals surface area contributed by atoms with E-state index in [0.717, 1.165) is 34.6 Å². The van der Waals surface area contributed by atoms with E-state index in [1.54, 1.807) is 4.57 Å². The highest BCUT2D eigenvalue weighted by Crippen LogP contribution is 2.33. The van der Waals surface area contributed by atoms with Crippen LogP contribution in [0.25, 0.3) is 10.2 Å². The van der Waals surface area contributed by atoms with E-state index in [9.17, 15) is 27.9 Å². The third kappa shape index (κ3) is 5.50. The maximum atomic E-state index is 13.3. The van der Waals surface area contributed by atoms with Gasteiger partial charge in [0.15, 0.2) is 4.80 Å². The molecule has 0 spiro atoms. The first-order chi connectivity index (χ1) is 15.5. The highest BCUT2D eigenvalue weighted by Gasteiger charge is 2.32. The Hall–Kier alpha value is -2.99. The molecule has 1 N–H and O–H groups in total. The Morgan fingerprint density at radius 1 is 1.36 bits per heavy atom. The van der Waals surface area contributed by atoms with Crippen molar-refractivity contribution in [2.75, 3.05) is 6.61 Å². The number of thiazole rings is 1. The van der Waals surface area contributed by atoms with Crippen LogP contribution in [0.15, 0.2) is 34.2 Å². The average Bonchev–Trinajstić information content (AvgIpc) is 3.10. The fourth-order valence-electron chi connectivity index (χ4n) is 3.05. The summed E-state index contributed by atoms with van der Waals surface area (Å²) in [6.45, 7) is 3.59. The summed E-state index contributed by atoms with van der Waals surface area (Å²) in [4.78, 5) is 29.9. The van der Waals surface area contributed by atoms with Gasteiger partial charge in [-0.2, -0.15) is 23.3 Å². The van der Waals surface area contributed by atoms with Crippen LogP contribution in [-0.2, 0) is 19.8 Å². The Balaban J connectivity index is 2.18. The maximum absolute atomic E-state index is 13.3. The molecule has 33 heavy (non-hydrogen) atoms. The van der Waals surface area contributed by atoms with Crippen molar-refractivity contribution in [3.8, 4) is 5.75 Å². The minimum Gasteiger partial charge on any atom is -0.490 e. The van der Waals surface area contributed by atoms with Gasteiger partial charge in [0.05, 0.1) is 28.1 Å². The van der Waals surface area contributed by atoms with Crippen LogP contribution >= 0.6 is 11.3 Å². The highest BCUT2D eigenvalue weighted by atomic mass is 32.1. The number of nitrogens with zero attached hydrogens (tertiary/aromatic N) is 4. The first kappa shape index (κ1) is 24.6. The number of aryl methyl sites for hydroxylation is 2. The van der Waals surface area contributed by atoms with Crippen LogP contribution in [-0.4, -0.2) is 38.1 Å². The predicted octanol–water partition coefficient (Wildman–Crippen LogP) is 3.12. The lowest BCUT2D eigenvalue weighted by molar-refractivity contribution is -0.137. The minimum absolute atomic E-state index is 0.128. The van der Waals surface area contributed by atoms with Gasteiger partial charge in [-0.3, -0.25) is 9.59 Å². The van der Waals surface area contributed by atoms with Gasteiger partial charge >= 0.3 is 6.18 Å². The van der Waals surface area contributed by atoms with E-state index in [1.807, 2.05) is 6.92 Å². The number of fused-ring (bicyclic) bond motifs is 1. The molecule has 1 aromatic carbocycles. The third-order valence-electron chi connectivity index (χ3n) is 4.73. The lowest BCUT2D eigenvalue weighted by Crippen LogP contribution is -2.25. The van der Waals surface area contributed by atoms with Crippen LogP contribution in [0.4, 0.5) is 13.2 Å². The van der Waals surface area contributed by atoms with Crippen molar-refractivity contribution in [2.24, 2.45) is 12.0 Å². The topological polar surface area (TPSA) is 98.7 Å². The molecule has 2 aromatic heterocycles. The molecule has 2 heterocycles. The quantitative estimate of drug-likeness (QED) is 0.556. The van der Waals surface area contributed by atoms with Crippen molar-refractivity contribution >= 4 is 27.5 Å². The summed E-state index contributed by atoms with van der Waals surface area (Å²) in [5.74, 6) is -1.08. The van der Waals surface area contributed by atoms with Crippen molar-refractivity contribution < 1.29 is 27.8 Å². The first-order valence-corrected chi connectivity index (χ1v) is 11.0. The monoisotopic (exact) mass is 484 g/mol. The van der Waals surface area contributed by atoms with Crippen molar-refractivity contribution in [3.05, 3.63) is 50.7 Å². The fourth-order valence-corrected chi connectivity index (χ4v) is 4.06. The van der Waals surface area contributed by atoms with Crippen molar-refractivity contribution in [3.63, 3.8) is 0 Å². The molecule has 0 saturated heterocycles. The molecule has 0 unspecified atom stereocenters. The zero-order chi connectivity index (χ0) is 24.3. The van der Waals surface area contributed by atoms with Crippen LogP contribution in [0.2, 0.25) is 0 Å². The van der Waals surface area contributed by atoms with E-state index in [1.165, 1.54) is 20.2 Å². The number of amides is 1. The Bertz CT molecular complexity index is 1290. The van der Waals surface area contributed by atoms with Gasteiger partial charge in [0.1, 0.15) is 17.9 Å². The molecule has 1 amide bonds. The van der Waals surface area contributed by atoms with Crippen LogP contribution in [0.1, 0.15) is 42.6 Å². The number of halogens is 3. The number of unbranched alkanes of at least 4 members (excludes halogenated alkanes) is 1. The van der Waals surface area contributed by atoms with Crippen molar-refractivity contribution in [2.45, 2.75) is 45.5 Å². The zero-order valence-electron chi connectivity index (χ0n) is 18.2. The number of hydrogen-bond donors (Lipinski definition) is 1. The Kier molecular flexibility index (Phi) is 7.38. The standard InChI is InChI=1S/C21H23F3N4O4S/c1-4-5-8-28-17-16(10-25-27(3)19(17)31)33-20(28)26-18(30)14-9-13(21(22,23)24)6-7-15(14)32-11-12(2)29/h6-7,9-10,12,29H,4-5,8,11H2,1-3H3/t12-/m0/s1. The number of ether oxygens (including phenoxy) is 1. The van der Waals surface area contributed by atoms with Crippen LogP contribution < -0.4 is 15.1 Å². The van der Waals surface area contributed by atoms with Gasteiger partial charge in [-0.1, -0.05) is 24.7 Å². The SMILES string of the molecule is CCCCn1c(=NC(=O)c2cc(C(F)(F)F)ccc2OC[C@H](C)O)sc2cnn(C)c(=O)c21. The molecule has 0 saturated carbocycles. The number of benzene rings is 1. The van der Waals surface area contributed by atoms with E-state index in [-0.39, 0.29) is 22.7 Å². The summed E-state index contributed by atoms with van der Waals surface area (Å²) in [6.07, 6.45) is -2.57. The number of aromatic nitrogens is 3. The van der Waals surface area contributed by atoms with Crippen LogP contribution in [0.3, 0.4) is 0 Å². The normalized spacial score (nSPS) is 13.5. The lowest BCUT2D eigenvalue weighted by atomic mass is 10.1. The number of aliphatic hydroxyl groups is 1. The van der Waals surface area contributed by atoms with E-state index in [2.05, 4.69) is 10.1 Å². The third-order valence-corrected chi connectivity index (χ3v) is 5.74. The number of aliphatic hydroxyl groups excluding tert-OH is 1. The molecular weight excluding hydrogens is 461 g/mol. The summed E-state index contributed by atoms with van der Waals surface area (Å²) in [5, 5.41) is 13.4. The molecule has 12 heteroatoms. The zero-order valence-corrected chi connectivity index (χ0v) is 19.0. The number of rotatable bonds is 7. The molecule has 0 aliphatic rings. The first-order valence-electron chi connectivity index (χ1n) is 10.2. The second kappa shape index (κ2) is 9.87. The number of carbonyl (C=O) groups excluding carboxylic acids is 1. The molecule has 1 atom stereocenters. The Morgan fingerprint density at radius 2 is 2.09 bits per heavy atom. The molecule has 3 rings (SSSR count). The smallest absolute Gasteiger partial charge is 0.416 e. The second-order valence-electron chi connectivity index (χ2n) is 7.46. The number of hydrogen-bond acceptors (Lipinski definition) is 6. The largest absolute Gasteiger partial charge is 0.490 e. The van der Waals surface area contributed by atoms with Gasteiger partial charge in [-0.05, 0) is 31.5 Å². The van der Waals surface area contributed by atoms with Crippen molar-refractivity contribution in [1.82, 2.24) is 14.3 Å². The van der Waals surface area contributed by atoms with Gasteiger partial charge in [0, 0.05) is 13.6 Å². The summed E-state index contributed by atoms with van der Waals surface area (Å²) in [5.41, 5.74) is -1.46. The summed E-state index contributed by atoms with van der Waals surface area (Å²) < 4.78 is 48.4. The van der Waals surface area contributed by atoms with Gasteiger partial charge in [0.25, 0.3) is 11.5 Å². The molecule has 8 nitrogen and oxygen atoms in total. The summed E-state index contributed by atoms with van der Waals surface area (Å²) in [6, 6.07) is 2.50. The predicted molar refractivity (Wildman–Crippen MR) is 116 cm³/mol.